The van der Waals surface area contributed by atoms with E-state index in [1.54, 1.807) is 0 Å². The van der Waals surface area contributed by atoms with Crippen LogP contribution < -0.4 is 0 Å². The Hall–Kier alpha value is 1.12. The van der Waals surface area contributed by atoms with E-state index in [0.29, 0.717) is 0 Å². The Labute approximate surface area is 89.9 Å². The number of alkyl halides is 5. The third-order valence-electron chi connectivity index (χ3n) is 0.886. The minimum atomic E-state index is -1.85. The van der Waals surface area contributed by atoms with Gasteiger partial charge in [0.1, 0.15) is 5.78 Å². The van der Waals surface area contributed by atoms with Crippen LogP contribution in [0.1, 0.15) is 13.3 Å². The van der Waals surface area contributed by atoms with Gasteiger partial charge in [-0.1, -0.05) is 58.0 Å². The highest BCUT2D eigenvalue weighted by Crippen LogP contribution is 2.47. The van der Waals surface area contributed by atoms with Crippen LogP contribution in [0.3, 0.4) is 0 Å². The van der Waals surface area contributed by atoms with Gasteiger partial charge < -0.3 is 0 Å². The summed E-state index contributed by atoms with van der Waals surface area (Å²) in [6, 6.07) is 0. The highest BCUT2D eigenvalue weighted by atomic mass is 35.6. The predicted molar refractivity (Wildman–Crippen MR) is 50.0 cm³/mol. The summed E-state index contributed by atoms with van der Waals surface area (Å²) in [5.74, 6) is -0.235. The van der Waals surface area contributed by atoms with Crippen molar-refractivity contribution in [3.8, 4) is 0 Å². The standard InChI is InChI=1S/C5H5Cl5O/c1-3(11)2-4(6,7)5(8,9)10/h2H2,1H3. The molecule has 0 atom stereocenters. The fraction of sp³-hybridized carbons (Fsp3) is 0.800. The molecule has 0 aromatic carbocycles. The Morgan fingerprint density at radius 3 is 1.64 bits per heavy atom. The molecule has 0 aliphatic heterocycles. The molecule has 0 aliphatic rings. The first-order valence-electron chi connectivity index (χ1n) is 2.61. The zero-order valence-electron chi connectivity index (χ0n) is 5.51. The molecule has 0 rings (SSSR count). The molecule has 0 amide bonds. The summed E-state index contributed by atoms with van der Waals surface area (Å²) in [6.45, 7) is 1.32. The van der Waals surface area contributed by atoms with Crippen LogP contribution in [0.15, 0.2) is 0 Å². The van der Waals surface area contributed by atoms with E-state index < -0.39 is 8.13 Å². The molecule has 66 valence electrons. The first-order chi connectivity index (χ1) is 4.67. The number of carbonyl (C=O) groups is 1. The number of halogens is 5. The number of Topliss-reactive ketones (excluding diaryl/α,β-unsaturated/α-hetero) is 1. The van der Waals surface area contributed by atoms with Crippen molar-refractivity contribution in [2.75, 3.05) is 0 Å². The number of hydrogen-bond donors (Lipinski definition) is 0. The van der Waals surface area contributed by atoms with Gasteiger partial charge in [-0.05, 0) is 6.92 Å². The van der Waals surface area contributed by atoms with Gasteiger partial charge in [-0.3, -0.25) is 4.79 Å². The lowest BCUT2D eigenvalue weighted by Crippen LogP contribution is -2.32. The second-order valence-electron chi connectivity index (χ2n) is 2.08. The maximum Gasteiger partial charge on any atom is 0.223 e. The molecule has 1 nitrogen and oxygen atoms in total. The third-order valence-corrected chi connectivity index (χ3v) is 3.27. The van der Waals surface area contributed by atoms with Crippen LogP contribution in [0, 0.1) is 0 Å². The quantitative estimate of drug-likeness (QED) is 0.693. The average molecular weight is 258 g/mol. The molecular formula is C5H5Cl5O. The fourth-order valence-electron chi connectivity index (χ4n) is 0.413. The summed E-state index contributed by atoms with van der Waals surface area (Å²) in [6.07, 6.45) is -0.188. The maximum absolute atomic E-state index is 10.6. The summed E-state index contributed by atoms with van der Waals surface area (Å²) in [7, 11) is 0. The summed E-state index contributed by atoms with van der Waals surface area (Å²) < 4.78 is -3.49. The van der Waals surface area contributed by atoms with E-state index >= 15 is 0 Å². The molecule has 0 aromatic rings. The number of rotatable bonds is 2. The molecule has 0 bridgehead atoms. The van der Waals surface area contributed by atoms with E-state index in [0.717, 1.165) is 0 Å². The van der Waals surface area contributed by atoms with E-state index in [9.17, 15) is 4.79 Å². The summed E-state index contributed by atoms with van der Waals surface area (Å²) in [5.41, 5.74) is 0. The van der Waals surface area contributed by atoms with Gasteiger partial charge in [0.15, 0.2) is 4.33 Å². The van der Waals surface area contributed by atoms with Crippen LogP contribution in [0.4, 0.5) is 0 Å². The maximum atomic E-state index is 10.6. The van der Waals surface area contributed by atoms with Crippen LogP contribution in [0.2, 0.25) is 0 Å². The largest absolute Gasteiger partial charge is 0.300 e. The lowest BCUT2D eigenvalue weighted by molar-refractivity contribution is -0.117. The van der Waals surface area contributed by atoms with Gasteiger partial charge in [0.25, 0.3) is 0 Å². The van der Waals surface area contributed by atoms with Gasteiger partial charge in [-0.15, -0.1) is 0 Å². The van der Waals surface area contributed by atoms with Crippen molar-refractivity contribution in [1.82, 2.24) is 0 Å². The predicted octanol–water partition coefficient (Wildman–Crippen LogP) is 3.51. The number of hydrogen-bond acceptors (Lipinski definition) is 1. The van der Waals surface area contributed by atoms with E-state index in [1.165, 1.54) is 6.92 Å². The fourth-order valence-corrected chi connectivity index (χ4v) is 0.990. The normalized spacial score (nSPS) is 13.3. The first-order valence-corrected chi connectivity index (χ1v) is 4.50. The molecule has 0 aliphatic carbocycles. The Morgan fingerprint density at radius 1 is 1.18 bits per heavy atom. The second-order valence-corrected chi connectivity index (χ2v) is 5.85. The molecule has 6 heteroatoms. The van der Waals surface area contributed by atoms with Crippen molar-refractivity contribution >= 4 is 63.8 Å². The number of carbonyl (C=O) groups excluding carboxylic acids is 1. The molecule has 0 radical (unpaired) electrons. The monoisotopic (exact) mass is 256 g/mol. The molecular weight excluding hydrogens is 253 g/mol. The molecule has 0 aromatic heterocycles. The van der Waals surface area contributed by atoms with Crippen LogP contribution in [-0.2, 0) is 4.79 Å². The zero-order valence-corrected chi connectivity index (χ0v) is 9.28. The Bertz CT molecular complexity index is 159. The Kier molecular flexibility index (Phi) is 4.28. The minimum absolute atomic E-state index is 0.188. The van der Waals surface area contributed by atoms with Gasteiger partial charge in [0, 0.05) is 6.42 Å². The Morgan fingerprint density at radius 2 is 1.55 bits per heavy atom. The first kappa shape index (κ1) is 12.1. The molecule has 0 unspecified atom stereocenters. The molecule has 0 saturated carbocycles. The lowest BCUT2D eigenvalue weighted by atomic mass is 10.2. The second kappa shape index (κ2) is 3.89. The molecule has 0 spiro atoms. The summed E-state index contributed by atoms with van der Waals surface area (Å²) >= 11 is 27.3. The van der Waals surface area contributed by atoms with E-state index in [-0.39, 0.29) is 12.2 Å². The smallest absolute Gasteiger partial charge is 0.223 e. The summed E-state index contributed by atoms with van der Waals surface area (Å²) in [5, 5.41) is 0. The van der Waals surface area contributed by atoms with Crippen molar-refractivity contribution in [3.05, 3.63) is 0 Å². The molecule has 11 heavy (non-hydrogen) atoms. The van der Waals surface area contributed by atoms with Crippen LogP contribution >= 0.6 is 58.0 Å². The lowest BCUT2D eigenvalue weighted by Gasteiger charge is -2.25. The van der Waals surface area contributed by atoms with Gasteiger partial charge in [-0.2, -0.15) is 0 Å². The average Bonchev–Trinajstić information content (AvgIpc) is 1.56. The van der Waals surface area contributed by atoms with Crippen molar-refractivity contribution in [2.24, 2.45) is 0 Å². The molecule has 0 saturated heterocycles. The molecule has 0 heterocycles. The zero-order chi connectivity index (χ0) is 9.28. The van der Waals surface area contributed by atoms with Crippen LogP contribution in [0.5, 0.6) is 0 Å². The van der Waals surface area contributed by atoms with Gasteiger partial charge in [-0.25, -0.2) is 0 Å². The van der Waals surface area contributed by atoms with Crippen LogP contribution in [-0.4, -0.2) is 13.9 Å². The van der Waals surface area contributed by atoms with Gasteiger partial charge >= 0.3 is 0 Å². The van der Waals surface area contributed by atoms with Crippen molar-refractivity contribution in [3.63, 3.8) is 0 Å². The van der Waals surface area contributed by atoms with Gasteiger partial charge in [0.2, 0.25) is 3.79 Å². The van der Waals surface area contributed by atoms with Crippen molar-refractivity contribution in [2.45, 2.75) is 21.5 Å². The topological polar surface area (TPSA) is 17.1 Å². The SMILES string of the molecule is CC(=O)CC(Cl)(Cl)C(Cl)(Cl)Cl. The Balaban J connectivity index is 4.34. The molecule has 0 fully saturated rings. The summed E-state index contributed by atoms with van der Waals surface area (Å²) in [4.78, 5) is 10.6. The van der Waals surface area contributed by atoms with E-state index in [2.05, 4.69) is 0 Å². The third kappa shape index (κ3) is 4.05. The highest BCUT2D eigenvalue weighted by molar-refractivity contribution is 6.75. The highest BCUT2D eigenvalue weighted by Gasteiger charge is 2.46. The van der Waals surface area contributed by atoms with Crippen LogP contribution in [0.25, 0.3) is 0 Å². The van der Waals surface area contributed by atoms with Crippen molar-refractivity contribution in [1.29, 1.82) is 0 Å². The van der Waals surface area contributed by atoms with E-state index in [4.69, 9.17) is 58.0 Å². The minimum Gasteiger partial charge on any atom is -0.300 e. The van der Waals surface area contributed by atoms with Gasteiger partial charge in [0.05, 0.1) is 0 Å². The van der Waals surface area contributed by atoms with Crippen molar-refractivity contribution < 1.29 is 4.79 Å². The van der Waals surface area contributed by atoms with E-state index in [1.807, 2.05) is 0 Å². The molecule has 0 N–H and O–H groups in total. The number of ketones is 1.